The first-order valence-corrected chi connectivity index (χ1v) is 23.3. The second kappa shape index (κ2) is 13.7. The summed E-state index contributed by atoms with van der Waals surface area (Å²) < 4.78 is 9.90. The van der Waals surface area contributed by atoms with Crippen LogP contribution in [-0.2, 0) is 26.5 Å². The SMILES string of the molecule is [2H]C(C)(C)c1ccnc(-c2[c-]ccc3c2Cc2c[c]([Ge]([CH3])([CH3])[CH3])ccc2-3)c1.[Ir].[c-]1cc2c(ccc3ccccc32)cc1-c1ccccn1. The summed E-state index contributed by atoms with van der Waals surface area (Å²) in [6.45, 7) is 3.83. The maximum Gasteiger partial charge on any atom is 0.0160 e. The Labute approximate surface area is 296 Å². The van der Waals surface area contributed by atoms with Crippen LogP contribution in [0.5, 0.6) is 0 Å². The summed E-state index contributed by atoms with van der Waals surface area (Å²) in [7, 11) is 0. The van der Waals surface area contributed by atoms with Crippen LogP contribution in [-0.4, -0.2) is 23.2 Å². The fourth-order valence-corrected chi connectivity index (χ4v) is 8.85. The number of pyridine rings is 2. The zero-order valence-electron chi connectivity index (χ0n) is 28.5. The van der Waals surface area contributed by atoms with E-state index in [4.69, 9.17) is 1.37 Å². The van der Waals surface area contributed by atoms with Gasteiger partial charge in [-0.25, -0.2) is 0 Å². The van der Waals surface area contributed by atoms with Crippen molar-refractivity contribution in [1.82, 2.24) is 9.97 Å². The largest absolute Gasteiger partial charge is 0.305 e. The third kappa shape index (κ3) is 6.76. The molecule has 0 aliphatic heterocycles. The summed E-state index contributed by atoms with van der Waals surface area (Å²) >= 11 is -1.84. The molecule has 0 atom stereocenters. The van der Waals surface area contributed by atoms with Gasteiger partial charge in [-0.05, 0) is 17.1 Å². The van der Waals surface area contributed by atoms with Gasteiger partial charge in [0.2, 0.25) is 0 Å². The van der Waals surface area contributed by atoms with Crippen LogP contribution >= 0.6 is 0 Å². The second-order valence-electron chi connectivity index (χ2n) is 13.3. The van der Waals surface area contributed by atoms with Crippen molar-refractivity contribution >= 4 is 39.2 Å². The molecule has 0 N–H and O–H groups in total. The minimum atomic E-state index is -1.84. The Morgan fingerprint density at radius 2 is 1.51 bits per heavy atom. The molecule has 0 amide bonds. The monoisotopic (exact) mass is 850 g/mol. The Bertz CT molecular complexity index is 2250. The molecule has 47 heavy (non-hydrogen) atoms. The molecule has 0 saturated heterocycles. The molecule has 235 valence electrons. The Hall–Kier alpha value is -3.89. The number of rotatable bonds is 4. The molecular formula is C43H38GeIrN2-2. The van der Waals surface area contributed by atoms with E-state index in [-0.39, 0.29) is 20.1 Å². The normalized spacial score (nSPS) is 12.4. The molecule has 4 heteroatoms. The number of aromatic nitrogens is 2. The third-order valence-corrected chi connectivity index (χ3v) is 13.2. The summed E-state index contributed by atoms with van der Waals surface area (Å²) in [5.41, 5.74) is 10.4. The number of fused-ring (bicyclic) bond motifs is 6. The molecule has 7 aromatic rings. The maximum atomic E-state index is 8.34. The van der Waals surface area contributed by atoms with Crippen molar-refractivity contribution in [2.45, 2.75) is 43.4 Å². The summed E-state index contributed by atoms with van der Waals surface area (Å²) in [5.74, 6) is 6.70. The predicted octanol–water partition coefficient (Wildman–Crippen LogP) is 10.6. The van der Waals surface area contributed by atoms with E-state index in [0.29, 0.717) is 0 Å². The van der Waals surface area contributed by atoms with Crippen molar-refractivity contribution in [3.8, 4) is 33.6 Å². The molecule has 2 aromatic heterocycles. The van der Waals surface area contributed by atoms with Crippen molar-refractivity contribution < 1.29 is 21.5 Å². The van der Waals surface area contributed by atoms with Gasteiger partial charge in [-0.15, -0.1) is 29.1 Å². The molecule has 8 rings (SSSR count). The smallest absolute Gasteiger partial charge is 0.0160 e. The van der Waals surface area contributed by atoms with Crippen molar-refractivity contribution in [1.29, 1.82) is 0 Å². The second-order valence-corrected chi connectivity index (χ2v) is 24.0. The van der Waals surface area contributed by atoms with Crippen LogP contribution in [0.3, 0.4) is 0 Å². The van der Waals surface area contributed by atoms with Crippen LogP contribution in [0.1, 0.15) is 37.8 Å². The number of hydrogen-bond acceptors (Lipinski definition) is 2. The standard InChI is InChI=1S/C24H26GeN.C19H12N.Ir/c1-16(2)17-11-12-26-24(15-17)22-8-6-7-21-20-10-9-19(25(3,4)5)13-18(20)14-23(21)22;1-2-6-17-14(5-1)8-9-15-13-16(10-11-18(15)17)19-7-3-4-12-20-19;/h6-7,9-13,15-16H,14H2,1-5H3;1-9,11-13H;/q2*-1;/i16D;;. The van der Waals surface area contributed by atoms with Gasteiger partial charge >= 0.3 is 161 Å². The fourth-order valence-electron chi connectivity index (χ4n) is 6.35. The molecule has 0 fully saturated rings. The maximum absolute atomic E-state index is 8.34. The van der Waals surface area contributed by atoms with Gasteiger partial charge in [0.1, 0.15) is 0 Å². The van der Waals surface area contributed by atoms with Crippen molar-refractivity contribution in [2.75, 3.05) is 0 Å². The van der Waals surface area contributed by atoms with E-state index in [1.165, 1.54) is 43.8 Å². The van der Waals surface area contributed by atoms with Crippen molar-refractivity contribution in [3.63, 3.8) is 0 Å². The molecule has 2 heterocycles. The molecular weight excluding hydrogens is 809 g/mol. The van der Waals surface area contributed by atoms with Crippen LogP contribution in [0.15, 0.2) is 122 Å². The first-order chi connectivity index (χ1) is 22.6. The van der Waals surface area contributed by atoms with E-state index < -0.39 is 19.2 Å². The van der Waals surface area contributed by atoms with Crippen LogP contribution < -0.4 is 4.40 Å². The average molecular weight is 849 g/mol. The summed E-state index contributed by atoms with van der Waals surface area (Å²) in [4.78, 5) is 9.00. The van der Waals surface area contributed by atoms with Crippen LogP contribution in [0.2, 0.25) is 17.3 Å². The first kappa shape index (κ1) is 31.7. The Morgan fingerprint density at radius 1 is 0.723 bits per heavy atom. The summed E-state index contributed by atoms with van der Waals surface area (Å²) in [5, 5.41) is 5.00. The molecule has 1 aliphatic rings. The van der Waals surface area contributed by atoms with Gasteiger partial charge in [0, 0.05) is 26.3 Å². The molecule has 1 aliphatic carbocycles. The molecule has 0 saturated carbocycles. The number of benzene rings is 5. The zero-order chi connectivity index (χ0) is 32.8. The predicted molar refractivity (Wildman–Crippen MR) is 197 cm³/mol. The minimum Gasteiger partial charge on any atom is -0.305 e. The van der Waals surface area contributed by atoms with Crippen LogP contribution in [0.25, 0.3) is 55.2 Å². The van der Waals surface area contributed by atoms with Gasteiger partial charge in [-0.2, -0.15) is 0 Å². The molecule has 2 nitrogen and oxygen atoms in total. The van der Waals surface area contributed by atoms with E-state index >= 15 is 0 Å². The molecule has 1 radical (unpaired) electrons. The van der Waals surface area contributed by atoms with Gasteiger partial charge < -0.3 is 4.98 Å². The molecule has 0 spiro atoms. The van der Waals surface area contributed by atoms with Gasteiger partial charge in [0.05, 0.1) is 0 Å². The van der Waals surface area contributed by atoms with Gasteiger partial charge in [-0.1, -0.05) is 59.3 Å². The summed E-state index contributed by atoms with van der Waals surface area (Å²) in [6.07, 6.45) is 4.58. The van der Waals surface area contributed by atoms with Crippen molar-refractivity contribution in [3.05, 3.63) is 150 Å². The van der Waals surface area contributed by atoms with E-state index in [9.17, 15) is 0 Å². The minimum absolute atomic E-state index is 0. The Balaban J connectivity index is 0.000000170. The quantitative estimate of drug-likeness (QED) is 0.100. The van der Waals surface area contributed by atoms with Gasteiger partial charge in [0.25, 0.3) is 0 Å². The number of nitrogens with zero attached hydrogens (tertiary/aromatic N) is 2. The molecule has 0 bridgehead atoms. The Morgan fingerprint density at radius 3 is 2.30 bits per heavy atom. The van der Waals surface area contributed by atoms with Crippen LogP contribution in [0.4, 0.5) is 0 Å². The topological polar surface area (TPSA) is 25.8 Å². The molecule has 5 aromatic carbocycles. The Kier molecular flexibility index (Phi) is 9.23. The average Bonchev–Trinajstić information content (AvgIpc) is 3.46. The number of hydrogen-bond donors (Lipinski definition) is 0. The van der Waals surface area contributed by atoms with E-state index in [1.807, 2.05) is 56.6 Å². The van der Waals surface area contributed by atoms with Crippen LogP contribution in [0, 0.1) is 12.1 Å². The van der Waals surface area contributed by atoms with Crippen molar-refractivity contribution in [2.24, 2.45) is 0 Å². The van der Waals surface area contributed by atoms with Gasteiger partial charge in [0.15, 0.2) is 0 Å². The zero-order valence-corrected chi connectivity index (χ0v) is 32.0. The third-order valence-electron chi connectivity index (χ3n) is 8.94. The van der Waals surface area contributed by atoms with Gasteiger partial charge in [-0.3, -0.25) is 0 Å². The first-order valence-electron chi connectivity index (χ1n) is 16.5. The fraction of sp³-hybridized carbons (Fsp3) is 0.163. The van der Waals surface area contributed by atoms with E-state index in [1.54, 1.807) is 4.40 Å². The van der Waals surface area contributed by atoms with E-state index in [2.05, 4.69) is 118 Å². The molecule has 0 unspecified atom stereocenters. The summed E-state index contributed by atoms with van der Waals surface area (Å²) in [6, 6.07) is 45.0. The van der Waals surface area contributed by atoms with E-state index in [0.717, 1.165) is 34.5 Å².